The van der Waals surface area contributed by atoms with Gasteiger partial charge in [-0.3, -0.25) is 0 Å². The first kappa shape index (κ1) is 37.6. The van der Waals surface area contributed by atoms with E-state index in [-0.39, 0.29) is 0 Å². The first-order chi connectivity index (χ1) is 27.9. The van der Waals surface area contributed by atoms with E-state index in [1.54, 1.807) is 0 Å². The number of hydrogen-bond donors (Lipinski definition) is 0. The van der Waals surface area contributed by atoms with Gasteiger partial charge < -0.3 is 0 Å². The average Bonchev–Trinajstić information content (AvgIpc) is 3.30. The van der Waals surface area contributed by atoms with Crippen molar-refractivity contribution in [3.63, 3.8) is 0 Å². The van der Waals surface area contributed by atoms with Gasteiger partial charge in [0.2, 0.25) is 0 Å². The van der Waals surface area contributed by atoms with Crippen LogP contribution in [0.5, 0.6) is 0 Å². The van der Waals surface area contributed by atoms with Gasteiger partial charge in [0.15, 0.2) is 0 Å². The van der Waals surface area contributed by atoms with Crippen LogP contribution in [0.2, 0.25) is 0 Å². The second kappa shape index (κ2) is 16.8. The van der Waals surface area contributed by atoms with Gasteiger partial charge in [-0.2, -0.15) is 0 Å². The van der Waals surface area contributed by atoms with Gasteiger partial charge in [0.1, 0.15) is 0 Å². The minimum absolute atomic E-state index is 1.01. The molecule has 0 atom stereocenters. The van der Waals surface area contributed by atoms with Crippen LogP contribution in [-0.4, -0.2) is 21.2 Å². The Morgan fingerprint density at radius 1 is 0.211 bits per heavy atom. The molecular weight excluding hydrogens is 880 g/mol. The van der Waals surface area contributed by atoms with Gasteiger partial charge >= 0.3 is 345 Å². The molecule has 0 unspecified atom stereocenters. The molecule has 0 radical (unpaired) electrons. The summed E-state index contributed by atoms with van der Waals surface area (Å²) in [4.78, 5) is 0. The van der Waals surface area contributed by atoms with E-state index in [0.717, 1.165) is 66.8 Å². The molecule has 0 spiro atoms. The summed E-state index contributed by atoms with van der Waals surface area (Å²) in [5.74, 6) is 0. The molecule has 272 valence electrons. The number of rotatable bonds is 12. The Hall–Kier alpha value is -6.36. The second-order valence-electron chi connectivity index (χ2n) is 14.4. The molecule has 0 saturated carbocycles. The molecule has 1 heteroatoms. The Labute approximate surface area is 342 Å². The molecule has 8 aromatic carbocycles. The zero-order valence-electron chi connectivity index (χ0n) is 32.1. The minimum atomic E-state index is -4.33. The summed E-state index contributed by atoms with van der Waals surface area (Å²) >= 11 is -4.33. The number of hydrogen-bond acceptors (Lipinski definition) is 0. The maximum atomic E-state index is 4.51. The molecule has 0 fully saturated rings. The monoisotopic (exact) mass is 924 g/mol. The number of benzene rings is 8. The molecule has 0 heterocycles. The van der Waals surface area contributed by atoms with Crippen molar-refractivity contribution >= 4 is 56.0 Å². The Balaban J connectivity index is 1.31. The van der Waals surface area contributed by atoms with E-state index in [9.17, 15) is 0 Å². The van der Waals surface area contributed by atoms with Crippen LogP contribution in [0.4, 0.5) is 0 Å². The van der Waals surface area contributed by atoms with Crippen LogP contribution in [0.25, 0.3) is 22.3 Å². The quantitative estimate of drug-likeness (QED) is 0.107. The van der Waals surface area contributed by atoms with Gasteiger partial charge in [0, 0.05) is 0 Å². The van der Waals surface area contributed by atoms with Crippen LogP contribution in [0.15, 0.2) is 245 Å². The third-order valence-corrected chi connectivity index (χ3v) is 29.8. The van der Waals surface area contributed by atoms with Crippen molar-refractivity contribution in [1.29, 1.82) is 0 Å². The summed E-state index contributed by atoms with van der Waals surface area (Å²) in [6.07, 6.45) is 0. The standard InChI is InChI=1S/4C14H11.Pb/c4*1-12(13-8-4-2-5-9-13)14-10-6-3-7-11-14;/h4*2,4-11H,1H2;. The maximum absolute atomic E-state index is 4.51. The van der Waals surface area contributed by atoms with Gasteiger partial charge in [0.25, 0.3) is 0 Å². The van der Waals surface area contributed by atoms with Crippen molar-refractivity contribution < 1.29 is 0 Å². The van der Waals surface area contributed by atoms with Gasteiger partial charge in [-0.05, 0) is 0 Å². The third kappa shape index (κ3) is 7.61. The summed E-state index contributed by atoms with van der Waals surface area (Å²) in [6, 6.07) is 78.8. The van der Waals surface area contributed by atoms with E-state index in [1.807, 2.05) is 24.3 Å². The molecule has 0 nitrogen and oxygen atoms in total. The van der Waals surface area contributed by atoms with E-state index in [1.165, 1.54) is 12.5 Å². The normalized spacial score (nSPS) is 11.1. The molecule has 0 aliphatic rings. The fraction of sp³-hybridized carbons (Fsp3) is 0. The van der Waals surface area contributed by atoms with E-state index in [4.69, 9.17) is 0 Å². The topological polar surface area (TPSA) is 0 Å². The first-order valence-corrected chi connectivity index (χ1v) is 27.1. The fourth-order valence-electron chi connectivity index (χ4n) is 7.91. The van der Waals surface area contributed by atoms with Crippen molar-refractivity contribution in [2.75, 3.05) is 0 Å². The van der Waals surface area contributed by atoms with Crippen molar-refractivity contribution in [3.8, 4) is 0 Å². The second-order valence-corrected chi connectivity index (χ2v) is 29.2. The Morgan fingerprint density at radius 2 is 0.368 bits per heavy atom. The van der Waals surface area contributed by atoms with Crippen molar-refractivity contribution in [3.05, 3.63) is 289 Å². The van der Waals surface area contributed by atoms with Crippen LogP contribution >= 0.6 is 0 Å². The van der Waals surface area contributed by atoms with Crippen LogP contribution in [-0.2, 0) is 0 Å². The molecule has 0 saturated heterocycles. The van der Waals surface area contributed by atoms with Crippen molar-refractivity contribution in [2.45, 2.75) is 0 Å². The SMILES string of the molecule is C=C(c1ccccc1)c1cc[c]([Pb]([c]2ccc(C(=C)c3ccccc3)cc2)([c]2ccc(C(=C)c3ccccc3)cc2)[c]2ccc(C(=C)c3ccccc3)cc2)cc1. The van der Waals surface area contributed by atoms with Gasteiger partial charge in [-0.15, -0.1) is 0 Å². The fourth-order valence-corrected chi connectivity index (χ4v) is 26.1. The predicted octanol–water partition coefficient (Wildman–Crippen LogP) is 11.3. The van der Waals surface area contributed by atoms with Crippen LogP contribution < -0.4 is 12.5 Å². The molecule has 0 aromatic heterocycles. The van der Waals surface area contributed by atoms with Gasteiger partial charge in [0.05, 0.1) is 0 Å². The molecule has 0 bridgehead atoms. The van der Waals surface area contributed by atoms with E-state index < -0.39 is 21.2 Å². The Morgan fingerprint density at radius 3 is 0.544 bits per heavy atom. The van der Waals surface area contributed by atoms with E-state index in [2.05, 4.69) is 220 Å². The molecular formula is C56H44Pb. The predicted molar refractivity (Wildman–Crippen MR) is 248 cm³/mol. The first-order valence-electron chi connectivity index (χ1n) is 19.3. The summed E-state index contributed by atoms with van der Waals surface area (Å²) < 4.78 is 5.47. The van der Waals surface area contributed by atoms with Crippen LogP contribution in [0.1, 0.15) is 44.5 Å². The summed E-state index contributed by atoms with van der Waals surface area (Å²) in [7, 11) is 0. The molecule has 8 aromatic rings. The van der Waals surface area contributed by atoms with Crippen molar-refractivity contribution in [2.24, 2.45) is 0 Å². The zero-order chi connectivity index (χ0) is 39.2. The van der Waals surface area contributed by atoms with Gasteiger partial charge in [-0.1, -0.05) is 0 Å². The van der Waals surface area contributed by atoms with Gasteiger partial charge in [-0.25, -0.2) is 0 Å². The molecule has 0 amide bonds. The molecule has 0 aliphatic heterocycles. The van der Waals surface area contributed by atoms with E-state index in [0.29, 0.717) is 0 Å². The average molecular weight is 924 g/mol. The molecule has 8 rings (SSSR count). The summed E-state index contributed by atoms with van der Waals surface area (Å²) in [5.41, 5.74) is 13.0. The van der Waals surface area contributed by atoms with E-state index >= 15 is 0 Å². The van der Waals surface area contributed by atoms with Crippen molar-refractivity contribution in [1.82, 2.24) is 0 Å². The third-order valence-electron chi connectivity index (χ3n) is 11.2. The molecule has 57 heavy (non-hydrogen) atoms. The summed E-state index contributed by atoms with van der Waals surface area (Å²) in [6.45, 7) is 18.0. The zero-order valence-corrected chi connectivity index (χ0v) is 36.0. The summed E-state index contributed by atoms with van der Waals surface area (Å²) in [5, 5.41) is 0. The molecule has 0 N–H and O–H groups in total. The van der Waals surface area contributed by atoms with Crippen LogP contribution in [0, 0.1) is 0 Å². The Bertz CT molecular complexity index is 2270. The Kier molecular flexibility index (Phi) is 11.1. The molecule has 0 aliphatic carbocycles. The van der Waals surface area contributed by atoms with Crippen LogP contribution in [0.3, 0.4) is 0 Å².